The van der Waals surface area contributed by atoms with Gasteiger partial charge in [-0.3, -0.25) is 4.79 Å². The molecule has 2 aliphatic carbocycles. The minimum Gasteiger partial charge on any atom is -0.497 e. The Hall–Kier alpha value is -2.12. The van der Waals surface area contributed by atoms with Crippen LogP contribution in [0.3, 0.4) is 0 Å². The zero-order valence-corrected chi connectivity index (χ0v) is 18.0. The number of carboxylic acids is 1. The Kier molecular flexibility index (Phi) is 7.72. The van der Waals surface area contributed by atoms with Crippen LogP contribution in [0.15, 0.2) is 18.2 Å². The number of ether oxygens (including phenoxy) is 2. The number of aromatic carboxylic acids is 1. The zero-order chi connectivity index (χ0) is 21.7. The number of benzene rings is 1. The molecule has 0 aliphatic heterocycles. The van der Waals surface area contributed by atoms with Gasteiger partial charge in [0.1, 0.15) is 5.75 Å². The van der Waals surface area contributed by atoms with Crippen molar-refractivity contribution in [2.45, 2.75) is 63.6 Å². The summed E-state index contributed by atoms with van der Waals surface area (Å²) in [5, 5.41) is 9.22. The highest BCUT2D eigenvalue weighted by Crippen LogP contribution is 2.32. The maximum Gasteiger partial charge on any atom is 0.335 e. The molecule has 7 heteroatoms. The summed E-state index contributed by atoms with van der Waals surface area (Å²) in [5.41, 5.74) is 7.29. The van der Waals surface area contributed by atoms with Crippen molar-refractivity contribution in [2.75, 3.05) is 20.8 Å². The summed E-state index contributed by atoms with van der Waals surface area (Å²) >= 11 is 0. The summed E-state index contributed by atoms with van der Waals surface area (Å²) < 4.78 is 11.0. The van der Waals surface area contributed by atoms with E-state index in [2.05, 4.69) is 0 Å². The molecule has 0 heterocycles. The summed E-state index contributed by atoms with van der Waals surface area (Å²) in [5.74, 6) is 0.304. The molecule has 0 radical (unpaired) electrons. The van der Waals surface area contributed by atoms with Crippen LogP contribution in [0.2, 0.25) is 0 Å². The third-order valence-electron chi connectivity index (χ3n) is 6.73. The van der Waals surface area contributed by atoms with Crippen molar-refractivity contribution in [3.63, 3.8) is 0 Å². The minimum atomic E-state index is -0.984. The second kappa shape index (κ2) is 10.3. The van der Waals surface area contributed by atoms with Gasteiger partial charge in [0.25, 0.3) is 0 Å². The molecule has 0 unspecified atom stereocenters. The monoisotopic (exact) mass is 418 g/mol. The number of carboxylic acid groups (broad SMARTS) is 1. The van der Waals surface area contributed by atoms with E-state index in [1.165, 1.54) is 19.6 Å². The molecular weight excluding hydrogens is 384 g/mol. The van der Waals surface area contributed by atoms with E-state index in [0.717, 1.165) is 44.1 Å². The molecular formula is C23H34N2O5. The van der Waals surface area contributed by atoms with Crippen LogP contribution in [-0.4, -0.2) is 54.7 Å². The predicted octanol–water partition coefficient (Wildman–Crippen LogP) is 3.05. The third kappa shape index (κ3) is 5.52. The first-order valence-corrected chi connectivity index (χ1v) is 10.9. The van der Waals surface area contributed by atoms with Crippen molar-refractivity contribution >= 4 is 11.9 Å². The van der Waals surface area contributed by atoms with Crippen LogP contribution in [0.1, 0.15) is 60.9 Å². The van der Waals surface area contributed by atoms with Crippen molar-refractivity contribution < 1.29 is 24.2 Å². The lowest BCUT2D eigenvalue weighted by Crippen LogP contribution is -2.52. The second-order valence-corrected chi connectivity index (χ2v) is 8.73. The molecule has 0 spiro atoms. The van der Waals surface area contributed by atoms with Gasteiger partial charge in [-0.05, 0) is 80.5 Å². The van der Waals surface area contributed by atoms with Gasteiger partial charge in [0.05, 0.1) is 25.3 Å². The molecule has 166 valence electrons. The molecule has 1 aromatic carbocycles. The predicted molar refractivity (Wildman–Crippen MR) is 113 cm³/mol. The zero-order valence-electron chi connectivity index (χ0n) is 18.0. The summed E-state index contributed by atoms with van der Waals surface area (Å²) in [7, 11) is 3.41. The summed E-state index contributed by atoms with van der Waals surface area (Å²) in [6, 6.07) is 4.90. The fraction of sp³-hybridized carbons (Fsp3) is 0.652. The molecule has 30 heavy (non-hydrogen) atoms. The van der Waals surface area contributed by atoms with Gasteiger partial charge in [-0.2, -0.15) is 0 Å². The lowest BCUT2D eigenvalue weighted by atomic mass is 9.78. The normalized spacial score (nSPS) is 22.8. The van der Waals surface area contributed by atoms with E-state index in [1.807, 2.05) is 11.9 Å². The molecule has 3 N–H and O–H groups in total. The lowest BCUT2D eigenvalue weighted by molar-refractivity contribution is -0.136. The smallest absolute Gasteiger partial charge is 0.335 e. The van der Waals surface area contributed by atoms with Gasteiger partial charge in [-0.1, -0.05) is 0 Å². The van der Waals surface area contributed by atoms with Crippen molar-refractivity contribution in [1.82, 2.24) is 4.90 Å². The van der Waals surface area contributed by atoms with Gasteiger partial charge in [0.2, 0.25) is 5.91 Å². The third-order valence-corrected chi connectivity index (χ3v) is 6.73. The van der Waals surface area contributed by atoms with E-state index in [9.17, 15) is 14.7 Å². The maximum atomic E-state index is 12.6. The quantitative estimate of drug-likeness (QED) is 0.639. The second-order valence-electron chi connectivity index (χ2n) is 8.73. The Morgan fingerprint density at radius 2 is 1.87 bits per heavy atom. The Morgan fingerprint density at radius 1 is 1.17 bits per heavy atom. The van der Waals surface area contributed by atoms with Gasteiger partial charge < -0.3 is 25.2 Å². The first-order chi connectivity index (χ1) is 14.4. The molecule has 0 saturated heterocycles. The molecule has 2 fully saturated rings. The molecule has 1 aromatic rings. The van der Waals surface area contributed by atoms with E-state index >= 15 is 0 Å². The van der Waals surface area contributed by atoms with Crippen molar-refractivity contribution in [3.05, 3.63) is 29.3 Å². The van der Waals surface area contributed by atoms with Crippen LogP contribution < -0.4 is 10.5 Å². The van der Waals surface area contributed by atoms with Crippen LogP contribution in [0, 0.1) is 11.8 Å². The van der Waals surface area contributed by atoms with Crippen LogP contribution in [0.4, 0.5) is 0 Å². The van der Waals surface area contributed by atoms with Crippen LogP contribution in [-0.2, 0) is 16.1 Å². The topological polar surface area (TPSA) is 102 Å². The standard InChI is InChI=1S/C23H34N2O5/c1-25(19-4-3-5-19)22(26)21(24)17-8-6-15(7-9-17)13-30-14-16-10-18(23(27)28)12-20(11-16)29-2/h10-12,15,17,19,21H,3-9,13-14,24H2,1-2H3,(H,27,28)/t15?,17?,21-/m0/s1. The van der Waals surface area contributed by atoms with E-state index in [0.29, 0.717) is 30.9 Å². The summed E-state index contributed by atoms with van der Waals surface area (Å²) in [6.45, 7) is 0.971. The van der Waals surface area contributed by atoms with Gasteiger partial charge in [0.15, 0.2) is 0 Å². The molecule has 0 bridgehead atoms. The van der Waals surface area contributed by atoms with Gasteiger partial charge in [0, 0.05) is 19.7 Å². The van der Waals surface area contributed by atoms with Crippen LogP contribution in [0.5, 0.6) is 5.75 Å². The van der Waals surface area contributed by atoms with Gasteiger partial charge >= 0.3 is 5.97 Å². The Labute approximate surface area is 178 Å². The largest absolute Gasteiger partial charge is 0.497 e. The molecule has 1 amide bonds. The van der Waals surface area contributed by atoms with Crippen molar-refractivity contribution in [1.29, 1.82) is 0 Å². The number of likely N-dealkylation sites (N-methyl/N-ethyl adjacent to an activating group) is 1. The van der Waals surface area contributed by atoms with Crippen molar-refractivity contribution in [2.24, 2.45) is 17.6 Å². The highest BCUT2D eigenvalue weighted by molar-refractivity contribution is 5.88. The first kappa shape index (κ1) is 22.6. The SMILES string of the molecule is COc1cc(COCC2CCC([C@H](N)C(=O)N(C)C3CCC3)CC2)cc(C(=O)O)c1. The van der Waals surface area contributed by atoms with E-state index in [1.54, 1.807) is 12.1 Å². The first-order valence-electron chi connectivity index (χ1n) is 10.9. The maximum absolute atomic E-state index is 12.6. The van der Waals surface area contributed by atoms with Crippen LogP contribution in [0.25, 0.3) is 0 Å². The van der Waals surface area contributed by atoms with Gasteiger partial charge in [-0.25, -0.2) is 4.79 Å². The molecule has 3 rings (SSSR count). The number of methoxy groups -OCH3 is 1. The number of nitrogens with two attached hydrogens (primary N) is 1. The number of hydrogen-bond acceptors (Lipinski definition) is 5. The van der Waals surface area contributed by atoms with Crippen molar-refractivity contribution in [3.8, 4) is 5.75 Å². The number of nitrogens with zero attached hydrogens (tertiary/aromatic N) is 1. The molecule has 7 nitrogen and oxygen atoms in total. The fourth-order valence-corrected chi connectivity index (χ4v) is 4.43. The van der Waals surface area contributed by atoms with E-state index < -0.39 is 12.0 Å². The fourth-order valence-electron chi connectivity index (χ4n) is 4.43. The highest BCUT2D eigenvalue weighted by atomic mass is 16.5. The van der Waals surface area contributed by atoms with Crippen LogP contribution >= 0.6 is 0 Å². The Balaban J connectivity index is 1.42. The summed E-state index contributed by atoms with van der Waals surface area (Å²) in [6.07, 6.45) is 7.29. The molecule has 1 atom stereocenters. The Bertz CT molecular complexity index is 741. The number of rotatable bonds is 9. The minimum absolute atomic E-state index is 0.0895. The number of hydrogen-bond donors (Lipinski definition) is 2. The van der Waals surface area contributed by atoms with E-state index in [-0.39, 0.29) is 17.4 Å². The summed E-state index contributed by atoms with van der Waals surface area (Å²) in [4.78, 5) is 25.7. The van der Waals surface area contributed by atoms with E-state index in [4.69, 9.17) is 15.2 Å². The molecule has 2 aliphatic rings. The number of amides is 1. The Morgan fingerprint density at radius 3 is 2.43 bits per heavy atom. The lowest BCUT2D eigenvalue weighted by Gasteiger charge is -2.38. The molecule has 0 aromatic heterocycles. The van der Waals surface area contributed by atoms with Gasteiger partial charge in [-0.15, -0.1) is 0 Å². The average molecular weight is 419 g/mol. The number of carbonyl (C=O) groups is 2. The molecule has 2 saturated carbocycles. The number of carbonyl (C=O) groups excluding carboxylic acids is 1. The highest BCUT2D eigenvalue weighted by Gasteiger charge is 2.34. The average Bonchev–Trinajstić information content (AvgIpc) is 2.71.